The quantitative estimate of drug-likeness (QED) is 0.765. The van der Waals surface area contributed by atoms with E-state index in [4.69, 9.17) is 10.5 Å². The first kappa shape index (κ1) is 14.4. The fourth-order valence-corrected chi connectivity index (χ4v) is 4.02. The molecule has 0 atom stereocenters. The third-order valence-electron chi connectivity index (χ3n) is 2.23. The average Bonchev–Trinajstić information content (AvgIpc) is 2.71. The number of nitrogen functional groups attached to an aromatic ring is 1. The Labute approximate surface area is 106 Å². The summed E-state index contributed by atoms with van der Waals surface area (Å²) in [4.78, 5) is 0. The normalized spacial score (nSPS) is 12.2. The van der Waals surface area contributed by atoms with Gasteiger partial charge in [-0.05, 0) is 13.0 Å². The number of sulfonamides is 1. The van der Waals surface area contributed by atoms with E-state index in [-0.39, 0.29) is 4.21 Å². The Morgan fingerprint density at radius 2 is 2.18 bits per heavy atom. The molecule has 0 bridgehead atoms. The van der Waals surface area contributed by atoms with Crippen molar-refractivity contribution in [1.82, 2.24) is 4.31 Å². The molecule has 0 aliphatic heterocycles. The summed E-state index contributed by atoms with van der Waals surface area (Å²) < 4.78 is 31.2. The minimum absolute atomic E-state index is 0.286. The van der Waals surface area contributed by atoms with E-state index >= 15 is 0 Å². The summed E-state index contributed by atoms with van der Waals surface area (Å²) >= 11 is 1.14. The lowest BCUT2D eigenvalue weighted by Gasteiger charge is -2.19. The van der Waals surface area contributed by atoms with Gasteiger partial charge in [0.1, 0.15) is 4.21 Å². The molecule has 0 amide bonds. The highest BCUT2D eigenvalue weighted by molar-refractivity contribution is 7.91. The predicted octanol–water partition coefficient (Wildman–Crippen LogP) is 1.38. The number of rotatable bonds is 7. The topological polar surface area (TPSA) is 72.6 Å². The largest absolute Gasteiger partial charge is 0.398 e. The molecule has 0 unspecified atom stereocenters. The zero-order valence-corrected chi connectivity index (χ0v) is 11.7. The summed E-state index contributed by atoms with van der Waals surface area (Å²) in [6.45, 7) is 5.47. The summed E-state index contributed by atoms with van der Waals surface area (Å²) in [7, 11) is -3.42. The molecule has 2 N–H and O–H groups in total. The molecule has 0 saturated heterocycles. The van der Waals surface area contributed by atoms with Crippen molar-refractivity contribution in [3.63, 3.8) is 0 Å². The van der Waals surface area contributed by atoms with Crippen LogP contribution >= 0.6 is 11.3 Å². The van der Waals surface area contributed by atoms with Crippen LogP contribution in [0.5, 0.6) is 0 Å². The van der Waals surface area contributed by atoms with Crippen molar-refractivity contribution in [2.24, 2.45) is 0 Å². The molecule has 0 radical (unpaired) electrons. The molecule has 0 saturated carbocycles. The minimum Gasteiger partial charge on any atom is -0.398 e. The molecule has 17 heavy (non-hydrogen) atoms. The summed E-state index contributed by atoms with van der Waals surface area (Å²) in [5.74, 6) is 0. The van der Waals surface area contributed by atoms with Gasteiger partial charge in [0.05, 0.1) is 6.61 Å². The Morgan fingerprint density at radius 1 is 1.47 bits per heavy atom. The maximum Gasteiger partial charge on any atom is 0.252 e. The molecular formula is C10H18N2O3S2. The molecule has 0 fully saturated rings. The number of thiophene rings is 1. The standard InChI is InChI=1S/C10H18N2O3S2/c1-3-12(5-6-15-4-2)17(13,14)10-7-9(11)8-16-10/h7-8H,3-6,11H2,1-2H3. The fraction of sp³-hybridized carbons (Fsp3) is 0.600. The molecule has 0 aliphatic carbocycles. The molecular weight excluding hydrogens is 260 g/mol. The first-order chi connectivity index (χ1) is 8.02. The molecule has 5 nitrogen and oxygen atoms in total. The van der Waals surface area contributed by atoms with Gasteiger partial charge in [-0.15, -0.1) is 11.3 Å². The molecule has 0 spiro atoms. The summed E-state index contributed by atoms with van der Waals surface area (Å²) in [6, 6.07) is 1.49. The zero-order chi connectivity index (χ0) is 12.9. The van der Waals surface area contributed by atoms with E-state index in [0.29, 0.717) is 32.0 Å². The molecule has 1 aromatic heterocycles. The number of anilines is 1. The number of nitrogens with two attached hydrogens (primary N) is 1. The zero-order valence-electron chi connectivity index (χ0n) is 10.0. The molecule has 0 aliphatic rings. The van der Waals surface area contributed by atoms with Gasteiger partial charge in [0.2, 0.25) is 0 Å². The first-order valence-electron chi connectivity index (χ1n) is 5.44. The highest BCUT2D eigenvalue weighted by Crippen LogP contribution is 2.24. The lowest BCUT2D eigenvalue weighted by molar-refractivity contribution is 0.135. The van der Waals surface area contributed by atoms with Crippen LogP contribution in [-0.4, -0.2) is 39.0 Å². The minimum atomic E-state index is -3.42. The second kappa shape index (κ2) is 6.34. The lowest BCUT2D eigenvalue weighted by atomic mass is 10.6. The van der Waals surface area contributed by atoms with E-state index in [1.165, 1.54) is 10.4 Å². The van der Waals surface area contributed by atoms with Gasteiger partial charge in [-0.25, -0.2) is 8.42 Å². The monoisotopic (exact) mass is 278 g/mol. The summed E-state index contributed by atoms with van der Waals surface area (Å²) in [6.07, 6.45) is 0. The lowest BCUT2D eigenvalue weighted by Crippen LogP contribution is -2.33. The number of hydrogen-bond acceptors (Lipinski definition) is 5. The van der Waals surface area contributed by atoms with Crippen molar-refractivity contribution >= 4 is 27.0 Å². The van der Waals surface area contributed by atoms with Gasteiger partial charge in [0, 0.05) is 30.8 Å². The van der Waals surface area contributed by atoms with Crippen LogP contribution in [-0.2, 0) is 14.8 Å². The second-order valence-corrected chi connectivity index (χ2v) is 6.47. The van der Waals surface area contributed by atoms with Gasteiger partial charge in [-0.3, -0.25) is 0 Å². The van der Waals surface area contributed by atoms with Crippen LogP contribution in [0.15, 0.2) is 15.7 Å². The van der Waals surface area contributed by atoms with Crippen LogP contribution < -0.4 is 5.73 Å². The SMILES string of the molecule is CCOCCN(CC)S(=O)(=O)c1cc(N)cs1. The van der Waals surface area contributed by atoms with Crippen LogP contribution in [0.25, 0.3) is 0 Å². The Bertz CT molecular complexity index is 442. The number of hydrogen-bond donors (Lipinski definition) is 1. The predicted molar refractivity (Wildman–Crippen MR) is 69.7 cm³/mol. The van der Waals surface area contributed by atoms with Crippen LogP contribution in [0.2, 0.25) is 0 Å². The molecule has 1 rings (SSSR count). The summed E-state index contributed by atoms with van der Waals surface area (Å²) in [5.41, 5.74) is 6.02. The van der Waals surface area contributed by atoms with Crippen LogP contribution in [0.4, 0.5) is 5.69 Å². The molecule has 98 valence electrons. The number of nitrogens with zero attached hydrogens (tertiary/aromatic N) is 1. The third-order valence-corrected chi connectivity index (χ3v) is 5.64. The van der Waals surface area contributed by atoms with E-state index in [1.54, 1.807) is 12.3 Å². The maximum atomic E-state index is 12.2. The fourth-order valence-electron chi connectivity index (χ4n) is 1.35. The van der Waals surface area contributed by atoms with Crippen LogP contribution in [0.1, 0.15) is 13.8 Å². The molecule has 7 heteroatoms. The molecule has 0 aromatic carbocycles. The average molecular weight is 278 g/mol. The molecule has 1 aromatic rings. The Kier molecular flexibility index (Phi) is 5.38. The van der Waals surface area contributed by atoms with Crippen molar-refractivity contribution in [3.05, 3.63) is 11.4 Å². The van der Waals surface area contributed by atoms with Gasteiger partial charge in [0.25, 0.3) is 10.0 Å². The Hall–Kier alpha value is -0.630. The van der Waals surface area contributed by atoms with Crippen molar-refractivity contribution < 1.29 is 13.2 Å². The highest BCUT2D eigenvalue weighted by atomic mass is 32.2. The van der Waals surface area contributed by atoms with Gasteiger partial charge in [-0.1, -0.05) is 6.92 Å². The van der Waals surface area contributed by atoms with Crippen molar-refractivity contribution in [3.8, 4) is 0 Å². The van der Waals surface area contributed by atoms with E-state index in [1.807, 2.05) is 6.92 Å². The van der Waals surface area contributed by atoms with Gasteiger partial charge < -0.3 is 10.5 Å². The molecule has 1 heterocycles. The van der Waals surface area contributed by atoms with E-state index in [0.717, 1.165) is 11.3 Å². The maximum absolute atomic E-state index is 12.2. The van der Waals surface area contributed by atoms with E-state index in [2.05, 4.69) is 0 Å². The number of ether oxygens (including phenoxy) is 1. The van der Waals surface area contributed by atoms with Crippen molar-refractivity contribution in [2.75, 3.05) is 32.0 Å². The van der Waals surface area contributed by atoms with Gasteiger partial charge >= 0.3 is 0 Å². The smallest absolute Gasteiger partial charge is 0.252 e. The highest BCUT2D eigenvalue weighted by Gasteiger charge is 2.24. The summed E-state index contributed by atoms with van der Waals surface area (Å²) in [5, 5.41) is 1.63. The van der Waals surface area contributed by atoms with Gasteiger partial charge in [0.15, 0.2) is 0 Å². The Morgan fingerprint density at radius 3 is 2.65 bits per heavy atom. The van der Waals surface area contributed by atoms with Gasteiger partial charge in [-0.2, -0.15) is 4.31 Å². The van der Waals surface area contributed by atoms with E-state index < -0.39 is 10.0 Å². The van der Waals surface area contributed by atoms with Crippen molar-refractivity contribution in [1.29, 1.82) is 0 Å². The second-order valence-electron chi connectivity index (χ2n) is 3.39. The Balaban J connectivity index is 2.79. The van der Waals surface area contributed by atoms with Crippen molar-refractivity contribution in [2.45, 2.75) is 18.1 Å². The third kappa shape index (κ3) is 3.67. The van der Waals surface area contributed by atoms with E-state index in [9.17, 15) is 8.42 Å². The van der Waals surface area contributed by atoms with Crippen LogP contribution in [0.3, 0.4) is 0 Å². The number of likely N-dealkylation sites (N-methyl/N-ethyl adjacent to an activating group) is 1. The first-order valence-corrected chi connectivity index (χ1v) is 7.76. The van der Waals surface area contributed by atoms with Crippen LogP contribution in [0, 0.1) is 0 Å².